The Kier molecular flexibility index (Phi) is 6.81. The molecule has 6 heteroatoms. The highest BCUT2D eigenvalue weighted by Gasteiger charge is 2.13. The van der Waals surface area contributed by atoms with Gasteiger partial charge >= 0.3 is 0 Å². The second kappa shape index (κ2) is 8.36. The third-order valence-electron chi connectivity index (χ3n) is 2.94. The van der Waals surface area contributed by atoms with Gasteiger partial charge in [0.15, 0.2) is 0 Å². The van der Waals surface area contributed by atoms with Crippen LogP contribution in [0.4, 0.5) is 10.1 Å². The lowest BCUT2D eigenvalue weighted by molar-refractivity contribution is -0.132. The van der Waals surface area contributed by atoms with Gasteiger partial charge in [-0.3, -0.25) is 9.59 Å². The summed E-state index contributed by atoms with van der Waals surface area (Å²) in [4.78, 5) is 27.0. The molecule has 5 nitrogen and oxygen atoms in total. The van der Waals surface area contributed by atoms with Crippen molar-refractivity contribution in [1.82, 2.24) is 9.80 Å². The molecule has 0 atom stereocenters. The van der Waals surface area contributed by atoms with Crippen molar-refractivity contribution in [3.63, 3.8) is 0 Å². The number of benzene rings is 1. The topological polar surface area (TPSA) is 52.7 Å². The average Bonchev–Trinajstić information content (AvgIpc) is 2.39. The highest BCUT2D eigenvalue weighted by atomic mass is 19.1. The van der Waals surface area contributed by atoms with Gasteiger partial charge in [-0.1, -0.05) is 0 Å². The van der Waals surface area contributed by atoms with Crippen molar-refractivity contribution in [3.05, 3.63) is 30.1 Å². The summed E-state index contributed by atoms with van der Waals surface area (Å²) in [6.45, 7) is 2.83. The van der Waals surface area contributed by atoms with E-state index >= 15 is 0 Å². The van der Waals surface area contributed by atoms with Crippen LogP contribution < -0.4 is 5.32 Å². The van der Waals surface area contributed by atoms with Gasteiger partial charge in [0.1, 0.15) is 5.82 Å². The van der Waals surface area contributed by atoms with Gasteiger partial charge in [-0.05, 0) is 51.3 Å². The summed E-state index contributed by atoms with van der Waals surface area (Å²) < 4.78 is 12.8. The van der Waals surface area contributed by atoms with Crippen molar-refractivity contribution in [3.8, 4) is 0 Å². The summed E-state index contributed by atoms with van der Waals surface area (Å²) in [5, 5.41) is 2.64. The van der Waals surface area contributed by atoms with E-state index in [0.29, 0.717) is 12.2 Å². The lowest BCUT2D eigenvalue weighted by Crippen LogP contribution is -2.38. The molecule has 0 fully saturated rings. The zero-order valence-electron chi connectivity index (χ0n) is 12.7. The fourth-order valence-electron chi connectivity index (χ4n) is 1.83. The first-order valence-corrected chi connectivity index (χ1v) is 6.84. The first kappa shape index (κ1) is 17.1. The predicted molar refractivity (Wildman–Crippen MR) is 80.5 cm³/mol. The van der Waals surface area contributed by atoms with Crippen LogP contribution in [0.25, 0.3) is 0 Å². The lowest BCUT2D eigenvalue weighted by atomic mass is 10.3. The molecule has 1 aromatic carbocycles. The highest BCUT2D eigenvalue weighted by molar-refractivity contribution is 5.94. The molecule has 2 amide bonds. The van der Waals surface area contributed by atoms with Gasteiger partial charge in [0.05, 0.1) is 6.54 Å². The van der Waals surface area contributed by atoms with Crippen LogP contribution in [0, 0.1) is 5.82 Å². The molecule has 0 bridgehead atoms. The van der Waals surface area contributed by atoms with E-state index in [9.17, 15) is 14.0 Å². The molecular formula is C15H22FN3O2. The van der Waals surface area contributed by atoms with Gasteiger partial charge in [0, 0.05) is 19.2 Å². The zero-order chi connectivity index (χ0) is 15.8. The smallest absolute Gasteiger partial charge is 0.243 e. The van der Waals surface area contributed by atoms with Gasteiger partial charge in [-0.2, -0.15) is 0 Å². The molecule has 0 saturated heterocycles. The Morgan fingerprint density at radius 2 is 1.76 bits per heavy atom. The minimum absolute atomic E-state index is 0.000137. The van der Waals surface area contributed by atoms with Crippen molar-refractivity contribution < 1.29 is 14.0 Å². The van der Waals surface area contributed by atoms with E-state index < -0.39 is 0 Å². The Morgan fingerprint density at radius 3 is 2.29 bits per heavy atom. The summed E-state index contributed by atoms with van der Waals surface area (Å²) in [7, 11) is 3.92. The third-order valence-corrected chi connectivity index (χ3v) is 2.94. The van der Waals surface area contributed by atoms with Crippen molar-refractivity contribution in [2.45, 2.75) is 13.3 Å². The minimum Gasteiger partial charge on any atom is -0.334 e. The van der Waals surface area contributed by atoms with Crippen molar-refractivity contribution >= 4 is 17.5 Å². The number of hydrogen-bond donors (Lipinski definition) is 1. The van der Waals surface area contributed by atoms with E-state index in [2.05, 4.69) is 5.32 Å². The van der Waals surface area contributed by atoms with Crippen LogP contribution in [0.3, 0.4) is 0 Å². The number of amides is 2. The van der Waals surface area contributed by atoms with E-state index in [-0.39, 0.29) is 24.2 Å². The molecule has 0 heterocycles. The van der Waals surface area contributed by atoms with Gasteiger partial charge in [-0.25, -0.2) is 4.39 Å². The van der Waals surface area contributed by atoms with Crippen molar-refractivity contribution in [2.24, 2.45) is 0 Å². The average molecular weight is 295 g/mol. The van der Waals surface area contributed by atoms with Gasteiger partial charge in [0.2, 0.25) is 11.8 Å². The molecule has 21 heavy (non-hydrogen) atoms. The number of rotatable bonds is 7. The van der Waals surface area contributed by atoms with E-state index in [4.69, 9.17) is 0 Å². The van der Waals surface area contributed by atoms with Crippen LogP contribution in [0.1, 0.15) is 13.3 Å². The Hall–Kier alpha value is -1.95. The van der Waals surface area contributed by atoms with Crippen LogP contribution in [-0.4, -0.2) is 55.3 Å². The Morgan fingerprint density at radius 1 is 1.14 bits per heavy atom. The Balaban J connectivity index is 2.48. The van der Waals surface area contributed by atoms with Crippen LogP contribution >= 0.6 is 0 Å². The minimum atomic E-state index is -0.359. The maximum Gasteiger partial charge on any atom is 0.243 e. The maximum absolute atomic E-state index is 12.8. The number of nitrogens with one attached hydrogen (secondary N) is 1. The SMILES string of the molecule is CC(=O)N(CCCN(C)C)CC(=O)Nc1ccc(F)cc1. The Bertz CT molecular complexity index is 474. The van der Waals surface area contributed by atoms with E-state index in [0.717, 1.165) is 13.0 Å². The summed E-state index contributed by atoms with van der Waals surface area (Å²) in [5.41, 5.74) is 0.512. The van der Waals surface area contributed by atoms with E-state index in [1.807, 2.05) is 19.0 Å². The molecule has 0 unspecified atom stereocenters. The molecule has 0 saturated carbocycles. The zero-order valence-corrected chi connectivity index (χ0v) is 12.7. The number of carbonyl (C=O) groups is 2. The number of nitrogens with zero attached hydrogens (tertiary/aromatic N) is 2. The summed E-state index contributed by atoms with van der Waals surface area (Å²) in [6, 6.07) is 5.51. The number of hydrogen-bond acceptors (Lipinski definition) is 3. The van der Waals surface area contributed by atoms with Gasteiger partial charge in [0.25, 0.3) is 0 Å². The molecule has 1 N–H and O–H groups in total. The largest absolute Gasteiger partial charge is 0.334 e. The van der Waals surface area contributed by atoms with Gasteiger partial charge in [-0.15, -0.1) is 0 Å². The normalized spacial score (nSPS) is 10.5. The van der Waals surface area contributed by atoms with E-state index in [1.54, 1.807) is 0 Å². The molecule has 1 aromatic rings. The summed E-state index contributed by atoms with van der Waals surface area (Å²) >= 11 is 0. The number of halogens is 1. The molecule has 0 aliphatic rings. The fraction of sp³-hybridized carbons (Fsp3) is 0.467. The lowest BCUT2D eigenvalue weighted by Gasteiger charge is -2.21. The third kappa shape index (κ3) is 6.85. The second-order valence-corrected chi connectivity index (χ2v) is 5.15. The molecule has 0 aromatic heterocycles. The molecule has 0 aliphatic carbocycles. The van der Waals surface area contributed by atoms with Crippen LogP contribution in [0.15, 0.2) is 24.3 Å². The van der Waals surface area contributed by atoms with E-state index in [1.165, 1.54) is 36.1 Å². The van der Waals surface area contributed by atoms with Crippen LogP contribution in [-0.2, 0) is 9.59 Å². The Labute approximate surface area is 124 Å². The molecule has 0 spiro atoms. The maximum atomic E-state index is 12.8. The highest BCUT2D eigenvalue weighted by Crippen LogP contribution is 2.08. The summed E-state index contributed by atoms with van der Waals surface area (Å²) in [6.07, 6.45) is 0.802. The standard InChI is InChI=1S/C15H22FN3O2/c1-12(20)19(10-4-9-18(2)3)11-15(21)17-14-7-5-13(16)6-8-14/h5-8H,4,9-11H2,1-3H3,(H,17,21). The molecular weight excluding hydrogens is 273 g/mol. The predicted octanol–water partition coefficient (Wildman–Crippen LogP) is 1.56. The quantitative estimate of drug-likeness (QED) is 0.830. The van der Waals surface area contributed by atoms with Gasteiger partial charge < -0.3 is 15.1 Å². The van der Waals surface area contributed by atoms with Crippen LogP contribution in [0.5, 0.6) is 0 Å². The number of carbonyl (C=O) groups excluding carboxylic acids is 2. The molecule has 1 rings (SSSR count). The fourth-order valence-corrected chi connectivity index (χ4v) is 1.83. The first-order chi connectivity index (χ1) is 9.88. The van der Waals surface area contributed by atoms with Crippen molar-refractivity contribution in [1.29, 1.82) is 0 Å². The molecule has 116 valence electrons. The first-order valence-electron chi connectivity index (χ1n) is 6.84. The summed E-state index contributed by atoms with van der Waals surface area (Å²) in [5.74, 6) is -0.785. The van der Waals surface area contributed by atoms with Crippen molar-refractivity contribution in [2.75, 3.05) is 39.0 Å². The number of anilines is 1. The molecule has 0 aliphatic heterocycles. The van der Waals surface area contributed by atoms with Crippen LogP contribution in [0.2, 0.25) is 0 Å². The molecule has 0 radical (unpaired) electrons. The second-order valence-electron chi connectivity index (χ2n) is 5.15. The monoisotopic (exact) mass is 295 g/mol.